The van der Waals surface area contributed by atoms with Gasteiger partial charge in [0, 0.05) is 12.7 Å². The fourth-order valence-electron chi connectivity index (χ4n) is 3.66. The van der Waals surface area contributed by atoms with Crippen molar-refractivity contribution in [2.45, 2.75) is 64.1 Å². The first kappa shape index (κ1) is 24.3. The Labute approximate surface area is 181 Å². The fourth-order valence-corrected chi connectivity index (χ4v) is 3.66. The van der Waals surface area contributed by atoms with E-state index in [0.29, 0.717) is 18.0 Å². The molecule has 170 valence electrons. The first-order valence-electron chi connectivity index (χ1n) is 10.6. The summed E-state index contributed by atoms with van der Waals surface area (Å²) in [7, 11) is 0. The maximum Gasteiger partial charge on any atom is 0.317 e. The highest BCUT2D eigenvalue weighted by Gasteiger charge is 2.27. The lowest BCUT2D eigenvalue weighted by molar-refractivity contribution is -0.136. The quantitative estimate of drug-likeness (QED) is 0.218. The molecule has 1 aromatic heterocycles. The predicted molar refractivity (Wildman–Crippen MR) is 115 cm³/mol. The van der Waals surface area contributed by atoms with Gasteiger partial charge in [-0.15, -0.1) is 0 Å². The number of pyridine rings is 1. The van der Waals surface area contributed by atoms with Gasteiger partial charge in [-0.25, -0.2) is 0 Å². The second kappa shape index (κ2) is 12.0. The molecular weight excluding hydrogens is 400 g/mol. The molecular formula is C21H32N6O4. The summed E-state index contributed by atoms with van der Waals surface area (Å²) in [6.45, 7) is 1.49. The number of hydrogen-bond donors (Lipinski definition) is 6. The van der Waals surface area contributed by atoms with Gasteiger partial charge in [0.1, 0.15) is 17.6 Å². The standard InChI is InChI=1S/C21H32N6O4/c1-13(20(30)26-11-15-7-8-16(19(22)23)24-10-15)27-21(31)17(25-12-18(28)29)9-14-5-3-2-4-6-14/h7-8,10,13-14,17,25H,2-6,9,11-12H2,1H3,(H3,22,23)(H,26,30)(H,27,31)(H,28,29)/t13-,17+/m0/s1. The highest BCUT2D eigenvalue weighted by Crippen LogP contribution is 2.27. The van der Waals surface area contributed by atoms with Crippen LogP contribution in [0, 0.1) is 11.3 Å². The van der Waals surface area contributed by atoms with Crippen molar-refractivity contribution in [3.63, 3.8) is 0 Å². The van der Waals surface area contributed by atoms with Crippen LogP contribution in [-0.4, -0.2) is 52.3 Å². The van der Waals surface area contributed by atoms with Crippen molar-refractivity contribution in [1.29, 1.82) is 5.41 Å². The summed E-state index contributed by atoms with van der Waals surface area (Å²) in [4.78, 5) is 40.1. The number of rotatable bonds is 11. The van der Waals surface area contributed by atoms with Crippen LogP contribution in [-0.2, 0) is 20.9 Å². The number of amides is 2. The molecule has 31 heavy (non-hydrogen) atoms. The van der Waals surface area contributed by atoms with E-state index in [1.807, 2.05) is 0 Å². The third-order valence-electron chi connectivity index (χ3n) is 5.43. The molecule has 1 fully saturated rings. The van der Waals surface area contributed by atoms with E-state index in [2.05, 4.69) is 20.9 Å². The summed E-state index contributed by atoms with van der Waals surface area (Å²) in [5, 5.41) is 24.5. The van der Waals surface area contributed by atoms with Crippen LogP contribution in [0.4, 0.5) is 0 Å². The molecule has 10 nitrogen and oxygen atoms in total. The molecule has 7 N–H and O–H groups in total. The van der Waals surface area contributed by atoms with E-state index in [1.54, 1.807) is 19.1 Å². The number of aromatic nitrogens is 1. The van der Waals surface area contributed by atoms with Crippen LogP contribution in [0.25, 0.3) is 0 Å². The molecule has 0 aromatic carbocycles. The Morgan fingerprint density at radius 3 is 2.52 bits per heavy atom. The Morgan fingerprint density at radius 2 is 1.94 bits per heavy atom. The smallest absolute Gasteiger partial charge is 0.317 e. The number of carbonyl (C=O) groups excluding carboxylic acids is 2. The Balaban J connectivity index is 1.87. The molecule has 10 heteroatoms. The second-order valence-electron chi connectivity index (χ2n) is 7.98. The van der Waals surface area contributed by atoms with Crippen LogP contribution in [0.1, 0.15) is 56.7 Å². The summed E-state index contributed by atoms with van der Waals surface area (Å²) >= 11 is 0. The highest BCUT2D eigenvalue weighted by molar-refractivity contribution is 5.93. The van der Waals surface area contributed by atoms with Crippen molar-refractivity contribution in [3.8, 4) is 0 Å². The molecule has 0 bridgehead atoms. The molecule has 1 aromatic rings. The molecule has 0 spiro atoms. The number of carbonyl (C=O) groups is 3. The van der Waals surface area contributed by atoms with Gasteiger partial charge >= 0.3 is 5.97 Å². The average molecular weight is 433 g/mol. The van der Waals surface area contributed by atoms with Crippen LogP contribution < -0.4 is 21.7 Å². The van der Waals surface area contributed by atoms with Gasteiger partial charge in [0.15, 0.2) is 0 Å². The van der Waals surface area contributed by atoms with Crippen LogP contribution in [0.5, 0.6) is 0 Å². The number of amidine groups is 1. The number of hydrogen-bond acceptors (Lipinski definition) is 6. The lowest BCUT2D eigenvalue weighted by Crippen LogP contribution is -2.52. The summed E-state index contributed by atoms with van der Waals surface area (Å²) < 4.78 is 0. The van der Waals surface area contributed by atoms with E-state index in [1.165, 1.54) is 12.6 Å². The third kappa shape index (κ3) is 8.33. The molecule has 0 unspecified atom stereocenters. The topological polar surface area (TPSA) is 170 Å². The van der Waals surface area contributed by atoms with Crippen molar-refractivity contribution < 1.29 is 19.5 Å². The Kier molecular flexibility index (Phi) is 9.39. The summed E-state index contributed by atoms with van der Waals surface area (Å²) in [6.07, 6.45) is 7.59. The first-order chi connectivity index (χ1) is 14.8. The fraction of sp³-hybridized carbons (Fsp3) is 0.571. The van der Waals surface area contributed by atoms with E-state index in [0.717, 1.165) is 31.2 Å². The lowest BCUT2D eigenvalue weighted by Gasteiger charge is -2.27. The van der Waals surface area contributed by atoms with Crippen molar-refractivity contribution in [3.05, 3.63) is 29.6 Å². The van der Waals surface area contributed by atoms with Gasteiger partial charge in [-0.3, -0.25) is 30.1 Å². The number of nitrogen functional groups attached to an aromatic ring is 1. The lowest BCUT2D eigenvalue weighted by atomic mass is 9.84. The maximum atomic E-state index is 12.7. The molecule has 1 heterocycles. The van der Waals surface area contributed by atoms with E-state index in [4.69, 9.17) is 16.2 Å². The van der Waals surface area contributed by atoms with Crippen LogP contribution >= 0.6 is 0 Å². The molecule has 2 atom stereocenters. The summed E-state index contributed by atoms with van der Waals surface area (Å²) in [5.41, 5.74) is 6.45. The van der Waals surface area contributed by atoms with Gasteiger partial charge in [0.25, 0.3) is 0 Å². The zero-order valence-corrected chi connectivity index (χ0v) is 17.8. The minimum absolute atomic E-state index is 0.133. The molecule has 0 saturated heterocycles. The third-order valence-corrected chi connectivity index (χ3v) is 5.43. The number of aliphatic carboxylic acids is 1. The molecule has 2 amide bonds. The Hall–Kier alpha value is -3.01. The van der Waals surface area contributed by atoms with Gasteiger partial charge in [-0.05, 0) is 30.9 Å². The summed E-state index contributed by atoms with van der Waals surface area (Å²) in [6, 6.07) is 1.87. The summed E-state index contributed by atoms with van der Waals surface area (Å²) in [5.74, 6) is -1.52. The molecule has 0 radical (unpaired) electrons. The SMILES string of the molecule is C[C@H](NC(=O)[C@@H](CC1CCCCC1)NCC(=O)O)C(=O)NCc1ccc(C(=N)N)nc1. The van der Waals surface area contributed by atoms with E-state index in [-0.39, 0.29) is 30.7 Å². The normalized spacial score (nSPS) is 16.2. The van der Waals surface area contributed by atoms with Crippen molar-refractivity contribution in [2.75, 3.05) is 6.54 Å². The van der Waals surface area contributed by atoms with Gasteiger partial charge in [-0.2, -0.15) is 0 Å². The van der Waals surface area contributed by atoms with Crippen molar-refractivity contribution >= 4 is 23.6 Å². The molecule has 2 rings (SSSR count). The van der Waals surface area contributed by atoms with E-state index < -0.39 is 18.1 Å². The minimum atomic E-state index is -1.03. The number of nitrogens with one attached hydrogen (secondary N) is 4. The maximum absolute atomic E-state index is 12.7. The van der Waals surface area contributed by atoms with Gasteiger partial charge in [0.05, 0.1) is 12.6 Å². The van der Waals surface area contributed by atoms with E-state index >= 15 is 0 Å². The first-order valence-corrected chi connectivity index (χ1v) is 10.6. The zero-order valence-electron chi connectivity index (χ0n) is 17.8. The van der Waals surface area contributed by atoms with Crippen LogP contribution in [0.2, 0.25) is 0 Å². The second-order valence-corrected chi connectivity index (χ2v) is 7.98. The Bertz CT molecular complexity index is 777. The predicted octanol–water partition coefficient (Wildman–Crippen LogP) is 0.500. The molecule has 1 saturated carbocycles. The molecule has 1 aliphatic carbocycles. The largest absolute Gasteiger partial charge is 0.480 e. The van der Waals surface area contributed by atoms with Crippen molar-refractivity contribution in [2.24, 2.45) is 11.7 Å². The number of nitrogens with two attached hydrogens (primary N) is 1. The van der Waals surface area contributed by atoms with Gasteiger partial charge in [-0.1, -0.05) is 38.2 Å². The minimum Gasteiger partial charge on any atom is -0.480 e. The molecule has 1 aliphatic rings. The average Bonchev–Trinajstić information content (AvgIpc) is 2.75. The van der Waals surface area contributed by atoms with Gasteiger partial charge in [0.2, 0.25) is 11.8 Å². The molecule has 0 aliphatic heterocycles. The number of carboxylic acid groups (broad SMARTS) is 1. The Morgan fingerprint density at radius 1 is 1.23 bits per heavy atom. The number of nitrogens with zero attached hydrogens (tertiary/aromatic N) is 1. The van der Waals surface area contributed by atoms with Gasteiger partial charge < -0.3 is 21.5 Å². The number of carboxylic acids is 1. The van der Waals surface area contributed by atoms with E-state index in [9.17, 15) is 14.4 Å². The van der Waals surface area contributed by atoms with Crippen molar-refractivity contribution in [1.82, 2.24) is 20.9 Å². The van der Waals surface area contributed by atoms with Crippen LogP contribution in [0.3, 0.4) is 0 Å². The monoisotopic (exact) mass is 432 g/mol. The van der Waals surface area contributed by atoms with Crippen LogP contribution in [0.15, 0.2) is 18.3 Å². The zero-order chi connectivity index (χ0) is 22.8. The highest BCUT2D eigenvalue weighted by atomic mass is 16.4.